The molecular weight excluding hydrogens is 376 g/mol. The van der Waals surface area contributed by atoms with E-state index in [0.717, 1.165) is 28.1 Å². The number of pyridine rings is 1. The van der Waals surface area contributed by atoms with Gasteiger partial charge in [-0.3, -0.25) is 14.6 Å². The number of aromatic nitrogens is 1. The van der Waals surface area contributed by atoms with Crippen LogP contribution in [0.25, 0.3) is 0 Å². The van der Waals surface area contributed by atoms with E-state index in [4.69, 9.17) is 4.74 Å². The molecule has 0 fully saturated rings. The molecule has 0 aliphatic rings. The molecule has 0 spiro atoms. The van der Waals surface area contributed by atoms with Crippen molar-refractivity contribution in [3.8, 4) is 5.75 Å². The first kappa shape index (κ1) is 21.2. The van der Waals surface area contributed by atoms with E-state index < -0.39 is 0 Å². The van der Waals surface area contributed by atoms with E-state index in [9.17, 15) is 9.59 Å². The molecule has 0 aliphatic carbocycles. The van der Waals surface area contributed by atoms with Gasteiger partial charge in [-0.25, -0.2) is 0 Å². The fourth-order valence-electron chi connectivity index (χ4n) is 2.92. The second-order valence-electron chi connectivity index (χ2n) is 7.25. The molecule has 0 saturated heterocycles. The zero-order valence-corrected chi connectivity index (χ0v) is 17.4. The van der Waals surface area contributed by atoms with Gasteiger partial charge in [0.05, 0.1) is 5.69 Å². The zero-order valence-electron chi connectivity index (χ0n) is 17.4. The monoisotopic (exact) mass is 402 g/mol. The van der Waals surface area contributed by atoms with Crippen molar-refractivity contribution >= 4 is 11.7 Å². The first-order valence-electron chi connectivity index (χ1n) is 10.00. The van der Waals surface area contributed by atoms with Crippen LogP contribution in [0.4, 0.5) is 0 Å². The fourth-order valence-corrected chi connectivity index (χ4v) is 2.92. The number of ether oxygens (including phenoxy) is 1. The molecule has 0 atom stereocenters. The average molecular weight is 402 g/mol. The van der Waals surface area contributed by atoms with Crippen molar-refractivity contribution < 1.29 is 14.3 Å². The summed E-state index contributed by atoms with van der Waals surface area (Å²) in [5, 5.41) is 2.86. The zero-order chi connectivity index (χ0) is 21.3. The van der Waals surface area contributed by atoms with Crippen LogP contribution in [-0.2, 0) is 17.9 Å². The SMILES string of the molecule is Cc1ccc(C(=O)CCC(=O)NCc2ccc(OCc3ccccn3)cc2)cc1C. The molecule has 3 aromatic rings. The maximum atomic E-state index is 12.3. The van der Waals surface area contributed by atoms with Gasteiger partial charge < -0.3 is 10.1 Å². The van der Waals surface area contributed by atoms with Crippen LogP contribution >= 0.6 is 0 Å². The van der Waals surface area contributed by atoms with Gasteiger partial charge in [0, 0.05) is 31.1 Å². The summed E-state index contributed by atoms with van der Waals surface area (Å²) in [5.74, 6) is 0.597. The van der Waals surface area contributed by atoms with Gasteiger partial charge in [-0.2, -0.15) is 0 Å². The highest BCUT2D eigenvalue weighted by Crippen LogP contribution is 2.14. The number of ketones is 1. The number of hydrogen-bond donors (Lipinski definition) is 1. The van der Waals surface area contributed by atoms with Crippen molar-refractivity contribution in [3.63, 3.8) is 0 Å². The molecule has 0 unspecified atom stereocenters. The summed E-state index contributed by atoms with van der Waals surface area (Å²) in [4.78, 5) is 28.6. The van der Waals surface area contributed by atoms with E-state index in [0.29, 0.717) is 18.7 Å². The molecule has 0 radical (unpaired) electrons. The predicted molar refractivity (Wildman–Crippen MR) is 116 cm³/mol. The van der Waals surface area contributed by atoms with Gasteiger partial charge in [0.25, 0.3) is 0 Å². The highest BCUT2D eigenvalue weighted by Gasteiger charge is 2.10. The number of carbonyl (C=O) groups is 2. The number of nitrogens with zero attached hydrogens (tertiary/aromatic N) is 1. The first-order chi connectivity index (χ1) is 14.5. The van der Waals surface area contributed by atoms with Gasteiger partial charge in [-0.1, -0.05) is 30.3 Å². The van der Waals surface area contributed by atoms with Gasteiger partial charge in [-0.15, -0.1) is 0 Å². The van der Waals surface area contributed by atoms with Crippen molar-refractivity contribution in [2.24, 2.45) is 0 Å². The lowest BCUT2D eigenvalue weighted by atomic mass is 10.0. The van der Waals surface area contributed by atoms with Crippen molar-refractivity contribution in [2.75, 3.05) is 0 Å². The second kappa shape index (κ2) is 10.3. The van der Waals surface area contributed by atoms with Crippen LogP contribution in [0.15, 0.2) is 66.9 Å². The maximum absolute atomic E-state index is 12.3. The van der Waals surface area contributed by atoms with Crippen LogP contribution in [0, 0.1) is 13.8 Å². The number of aryl methyl sites for hydroxylation is 2. The predicted octanol–water partition coefficient (Wildman–Crippen LogP) is 4.56. The number of carbonyl (C=O) groups excluding carboxylic acids is 2. The lowest BCUT2D eigenvalue weighted by molar-refractivity contribution is -0.121. The molecule has 1 aromatic heterocycles. The Hall–Kier alpha value is -3.47. The summed E-state index contributed by atoms with van der Waals surface area (Å²) < 4.78 is 5.71. The molecule has 1 heterocycles. The summed E-state index contributed by atoms with van der Waals surface area (Å²) in [6.07, 6.45) is 2.12. The van der Waals surface area contributed by atoms with Crippen molar-refractivity contribution in [3.05, 3.63) is 94.8 Å². The number of benzene rings is 2. The molecule has 1 amide bonds. The third-order valence-corrected chi connectivity index (χ3v) is 4.93. The molecule has 2 aromatic carbocycles. The number of Topliss-reactive ketones (excluding diaryl/α,β-unsaturated/α-hetero) is 1. The van der Waals surface area contributed by atoms with E-state index in [1.54, 1.807) is 6.20 Å². The van der Waals surface area contributed by atoms with E-state index in [2.05, 4.69) is 10.3 Å². The number of nitrogens with one attached hydrogen (secondary N) is 1. The number of hydrogen-bond acceptors (Lipinski definition) is 4. The van der Waals surface area contributed by atoms with Crippen LogP contribution < -0.4 is 10.1 Å². The van der Waals surface area contributed by atoms with Crippen LogP contribution in [0.2, 0.25) is 0 Å². The van der Waals surface area contributed by atoms with Gasteiger partial charge in [0.2, 0.25) is 5.91 Å². The maximum Gasteiger partial charge on any atom is 0.220 e. The van der Waals surface area contributed by atoms with Crippen LogP contribution in [-0.4, -0.2) is 16.7 Å². The smallest absolute Gasteiger partial charge is 0.220 e. The Balaban J connectivity index is 1.40. The summed E-state index contributed by atoms with van der Waals surface area (Å²) in [6, 6.07) is 18.9. The highest BCUT2D eigenvalue weighted by atomic mass is 16.5. The summed E-state index contributed by atoms with van der Waals surface area (Å²) in [6.45, 7) is 4.81. The highest BCUT2D eigenvalue weighted by molar-refractivity contribution is 5.98. The Kier molecular flexibility index (Phi) is 7.33. The van der Waals surface area contributed by atoms with Gasteiger partial charge in [0.15, 0.2) is 5.78 Å². The molecule has 3 rings (SSSR count). The molecule has 0 bridgehead atoms. The van der Waals surface area contributed by atoms with E-state index >= 15 is 0 Å². The standard InChI is InChI=1S/C25H26N2O3/c1-18-6-9-21(15-19(18)2)24(28)12-13-25(29)27-16-20-7-10-23(11-8-20)30-17-22-5-3-4-14-26-22/h3-11,14-15H,12-13,16-17H2,1-2H3,(H,27,29). The van der Waals surface area contributed by atoms with E-state index in [1.807, 2.05) is 74.5 Å². The third kappa shape index (κ3) is 6.27. The van der Waals surface area contributed by atoms with Gasteiger partial charge in [0.1, 0.15) is 12.4 Å². The van der Waals surface area contributed by atoms with E-state index in [1.165, 1.54) is 0 Å². The molecule has 5 heteroatoms. The van der Waals surface area contributed by atoms with Crippen molar-refractivity contribution in [2.45, 2.75) is 39.8 Å². The lowest BCUT2D eigenvalue weighted by Crippen LogP contribution is -2.23. The van der Waals surface area contributed by atoms with Crippen LogP contribution in [0.3, 0.4) is 0 Å². The van der Waals surface area contributed by atoms with Crippen LogP contribution in [0.1, 0.15) is 45.6 Å². The summed E-state index contributed by atoms with van der Waals surface area (Å²) >= 11 is 0. The Morgan fingerprint density at radius 3 is 2.43 bits per heavy atom. The number of amides is 1. The molecule has 0 saturated carbocycles. The van der Waals surface area contributed by atoms with Crippen molar-refractivity contribution in [1.29, 1.82) is 0 Å². The molecular formula is C25H26N2O3. The minimum Gasteiger partial charge on any atom is -0.487 e. The summed E-state index contributed by atoms with van der Waals surface area (Å²) in [7, 11) is 0. The summed E-state index contributed by atoms with van der Waals surface area (Å²) in [5.41, 5.74) is 4.72. The lowest BCUT2D eigenvalue weighted by Gasteiger charge is -2.08. The average Bonchev–Trinajstić information content (AvgIpc) is 2.78. The molecule has 5 nitrogen and oxygen atoms in total. The minimum atomic E-state index is -0.136. The second-order valence-corrected chi connectivity index (χ2v) is 7.25. The Labute approximate surface area is 177 Å². The topological polar surface area (TPSA) is 68.3 Å². The van der Waals surface area contributed by atoms with Crippen LogP contribution in [0.5, 0.6) is 5.75 Å². The van der Waals surface area contributed by atoms with Gasteiger partial charge in [-0.05, 0) is 60.9 Å². The molecule has 154 valence electrons. The quantitative estimate of drug-likeness (QED) is 0.533. The Morgan fingerprint density at radius 2 is 1.73 bits per heavy atom. The van der Waals surface area contributed by atoms with Gasteiger partial charge >= 0.3 is 0 Å². The Morgan fingerprint density at radius 1 is 0.933 bits per heavy atom. The third-order valence-electron chi connectivity index (χ3n) is 4.93. The molecule has 0 aliphatic heterocycles. The molecule has 1 N–H and O–H groups in total. The van der Waals surface area contributed by atoms with E-state index in [-0.39, 0.29) is 24.5 Å². The number of rotatable bonds is 9. The normalized spacial score (nSPS) is 10.5. The largest absolute Gasteiger partial charge is 0.487 e. The molecule has 30 heavy (non-hydrogen) atoms. The fraction of sp³-hybridized carbons (Fsp3) is 0.240. The van der Waals surface area contributed by atoms with Crippen molar-refractivity contribution in [1.82, 2.24) is 10.3 Å². The Bertz CT molecular complexity index is 999. The first-order valence-corrected chi connectivity index (χ1v) is 10.00. The minimum absolute atomic E-state index is 0.0114.